The van der Waals surface area contributed by atoms with E-state index in [1.54, 1.807) is 4.90 Å². The molecule has 8 heteroatoms. The maximum Gasteiger partial charge on any atom is 0.303 e. The number of aliphatic carboxylic acids is 1. The lowest BCUT2D eigenvalue weighted by Gasteiger charge is -2.33. The first-order chi connectivity index (χ1) is 11.7. The van der Waals surface area contributed by atoms with E-state index in [1.165, 1.54) is 25.3 Å². The Morgan fingerprint density at radius 2 is 2.08 bits per heavy atom. The highest BCUT2D eigenvalue weighted by atomic mass is 32.2. The maximum absolute atomic E-state index is 12.9. The van der Waals surface area contributed by atoms with Gasteiger partial charge in [-0.2, -0.15) is 0 Å². The number of carboxylic acid groups (broad SMARTS) is 1. The van der Waals surface area contributed by atoms with E-state index >= 15 is 0 Å². The summed E-state index contributed by atoms with van der Waals surface area (Å²) in [6.45, 7) is 1.03. The molecule has 138 valence electrons. The number of carboxylic acids is 1. The average molecular weight is 369 g/mol. The van der Waals surface area contributed by atoms with Crippen LogP contribution in [-0.2, 0) is 14.6 Å². The molecule has 1 N–H and O–H groups in total. The molecule has 1 aromatic carbocycles. The van der Waals surface area contributed by atoms with Gasteiger partial charge in [0.15, 0.2) is 9.84 Å². The molecule has 0 radical (unpaired) electrons. The number of ether oxygens (including phenoxy) is 1. The van der Waals surface area contributed by atoms with Gasteiger partial charge in [0.05, 0.1) is 17.6 Å². The van der Waals surface area contributed by atoms with Crippen LogP contribution in [0.15, 0.2) is 23.1 Å². The van der Waals surface area contributed by atoms with Crippen LogP contribution in [-0.4, -0.2) is 56.8 Å². The van der Waals surface area contributed by atoms with Gasteiger partial charge < -0.3 is 14.7 Å². The Hall–Kier alpha value is -2.09. The van der Waals surface area contributed by atoms with E-state index in [0.717, 1.165) is 19.1 Å². The zero-order valence-electron chi connectivity index (χ0n) is 14.4. The van der Waals surface area contributed by atoms with Crippen LogP contribution < -0.4 is 4.74 Å². The minimum atomic E-state index is -3.44. The molecule has 1 fully saturated rings. The van der Waals surface area contributed by atoms with Crippen molar-refractivity contribution in [3.05, 3.63) is 23.8 Å². The van der Waals surface area contributed by atoms with Gasteiger partial charge in [0.1, 0.15) is 5.75 Å². The minimum Gasteiger partial charge on any atom is -0.496 e. The van der Waals surface area contributed by atoms with Crippen LogP contribution in [0.5, 0.6) is 5.75 Å². The first-order valence-electron chi connectivity index (χ1n) is 8.11. The van der Waals surface area contributed by atoms with Gasteiger partial charge in [0.25, 0.3) is 5.91 Å². The highest BCUT2D eigenvalue weighted by Crippen LogP contribution is 2.27. The lowest BCUT2D eigenvalue weighted by molar-refractivity contribution is -0.137. The molecular weight excluding hydrogens is 346 g/mol. The smallest absolute Gasteiger partial charge is 0.303 e. The summed E-state index contributed by atoms with van der Waals surface area (Å²) in [4.78, 5) is 25.3. The van der Waals surface area contributed by atoms with Crippen LogP contribution in [0.4, 0.5) is 0 Å². The average Bonchev–Trinajstić information content (AvgIpc) is 2.58. The van der Waals surface area contributed by atoms with Gasteiger partial charge in [-0.25, -0.2) is 8.42 Å². The third kappa shape index (κ3) is 4.94. The SMILES string of the molecule is COc1ccc(S(C)(=O)=O)cc1C(=O)N1CCCC(CCC(=O)O)C1. The number of hydrogen-bond acceptors (Lipinski definition) is 5. The summed E-state index contributed by atoms with van der Waals surface area (Å²) in [6, 6.07) is 4.24. The van der Waals surface area contributed by atoms with Gasteiger partial charge in [-0.1, -0.05) is 0 Å². The summed E-state index contributed by atoms with van der Waals surface area (Å²) in [7, 11) is -2.01. The maximum atomic E-state index is 12.9. The van der Waals surface area contributed by atoms with Crippen molar-refractivity contribution < 1.29 is 27.9 Å². The lowest BCUT2D eigenvalue weighted by atomic mass is 9.93. The highest BCUT2D eigenvalue weighted by Gasteiger charge is 2.27. The van der Waals surface area contributed by atoms with Gasteiger partial charge in [0, 0.05) is 25.8 Å². The summed E-state index contributed by atoms with van der Waals surface area (Å²) in [5.41, 5.74) is 0.212. The number of likely N-dealkylation sites (tertiary alicyclic amines) is 1. The van der Waals surface area contributed by atoms with E-state index in [-0.39, 0.29) is 28.7 Å². The van der Waals surface area contributed by atoms with Crippen molar-refractivity contribution in [2.45, 2.75) is 30.6 Å². The van der Waals surface area contributed by atoms with Gasteiger partial charge in [0.2, 0.25) is 0 Å². The number of carbonyl (C=O) groups excluding carboxylic acids is 1. The molecule has 7 nitrogen and oxygen atoms in total. The van der Waals surface area contributed by atoms with Crippen LogP contribution in [0.2, 0.25) is 0 Å². The Bertz CT molecular complexity index is 758. The second-order valence-corrected chi connectivity index (χ2v) is 8.34. The Balaban J connectivity index is 2.22. The first kappa shape index (κ1) is 19.2. The highest BCUT2D eigenvalue weighted by molar-refractivity contribution is 7.90. The van der Waals surface area contributed by atoms with Gasteiger partial charge in [-0.15, -0.1) is 0 Å². The first-order valence-corrected chi connectivity index (χ1v) is 10.0. The van der Waals surface area contributed by atoms with Crippen LogP contribution >= 0.6 is 0 Å². The molecular formula is C17H23NO6S. The van der Waals surface area contributed by atoms with E-state index < -0.39 is 15.8 Å². The van der Waals surface area contributed by atoms with E-state index in [0.29, 0.717) is 25.3 Å². The summed E-state index contributed by atoms with van der Waals surface area (Å²) in [5.74, 6) is -0.670. The fourth-order valence-electron chi connectivity index (χ4n) is 3.07. The second kappa shape index (κ2) is 7.86. The molecule has 0 aromatic heterocycles. The molecule has 2 rings (SSSR count). The molecule has 1 heterocycles. The fraction of sp³-hybridized carbons (Fsp3) is 0.529. The van der Waals surface area contributed by atoms with Crippen molar-refractivity contribution in [2.75, 3.05) is 26.5 Å². The van der Waals surface area contributed by atoms with E-state index in [1.807, 2.05) is 0 Å². The number of nitrogens with zero attached hydrogens (tertiary/aromatic N) is 1. The van der Waals surface area contributed by atoms with Crippen LogP contribution in [0.1, 0.15) is 36.0 Å². The number of carbonyl (C=O) groups is 2. The quantitative estimate of drug-likeness (QED) is 0.821. The predicted molar refractivity (Wildman–Crippen MR) is 91.6 cm³/mol. The van der Waals surface area contributed by atoms with Crippen molar-refractivity contribution in [3.8, 4) is 5.75 Å². The van der Waals surface area contributed by atoms with Crippen LogP contribution in [0, 0.1) is 5.92 Å². The monoisotopic (exact) mass is 369 g/mol. The lowest BCUT2D eigenvalue weighted by Crippen LogP contribution is -2.40. The number of methoxy groups -OCH3 is 1. The molecule has 0 aliphatic carbocycles. The number of hydrogen-bond donors (Lipinski definition) is 1. The zero-order chi connectivity index (χ0) is 18.6. The van der Waals surface area contributed by atoms with Gasteiger partial charge in [-0.05, 0) is 43.4 Å². The van der Waals surface area contributed by atoms with Crippen LogP contribution in [0.3, 0.4) is 0 Å². The molecule has 0 saturated carbocycles. The van der Waals surface area contributed by atoms with Gasteiger partial charge >= 0.3 is 5.97 Å². The number of rotatable bonds is 6. The molecule has 1 aliphatic rings. The standard InChI is InChI=1S/C17H23NO6S/c1-24-15-7-6-13(25(2,22)23)10-14(15)17(21)18-9-3-4-12(11-18)5-8-16(19)20/h6-7,10,12H,3-5,8-9,11H2,1-2H3,(H,19,20). The molecule has 1 amide bonds. The topological polar surface area (TPSA) is 101 Å². The van der Waals surface area contributed by atoms with Crippen molar-refractivity contribution in [1.82, 2.24) is 4.90 Å². The van der Waals surface area contributed by atoms with E-state index in [9.17, 15) is 18.0 Å². The Morgan fingerprint density at radius 1 is 1.36 bits per heavy atom. The molecule has 1 aromatic rings. The molecule has 1 aliphatic heterocycles. The summed E-state index contributed by atoms with van der Waals surface area (Å²) >= 11 is 0. The molecule has 0 bridgehead atoms. The zero-order valence-corrected chi connectivity index (χ0v) is 15.2. The molecule has 0 spiro atoms. The van der Waals surface area contributed by atoms with Crippen molar-refractivity contribution in [2.24, 2.45) is 5.92 Å². The Labute approximate surface area is 147 Å². The summed E-state index contributed by atoms with van der Waals surface area (Å²) in [6.07, 6.45) is 3.38. The molecule has 1 saturated heterocycles. The number of piperidine rings is 1. The third-order valence-electron chi connectivity index (χ3n) is 4.40. The molecule has 1 unspecified atom stereocenters. The van der Waals surface area contributed by atoms with E-state index in [4.69, 9.17) is 9.84 Å². The Morgan fingerprint density at radius 3 is 2.68 bits per heavy atom. The Kier molecular flexibility index (Phi) is 6.05. The number of amides is 1. The van der Waals surface area contributed by atoms with Gasteiger partial charge in [-0.3, -0.25) is 9.59 Å². The largest absolute Gasteiger partial charge is 0.496 e. The number of sulfone groups is 1. The van der Waals surface area contributed by atoms with Crippen LogP contribution in [0.25, 0.3) is 0 Å². The normalized spacial score (nSPS) is 18.0. The summed E-state index contributed by atoms with van der Waals surface area (Å²) < 4.78 is 28.7. The summed E-state index contributed by atoms with van der Waals surface area (Å²) in [5, 5.41) is 8.82. The molecule has 1 atom stereocenters. The predicted octanol–water partition coefficient (Wildman–Crippen LogP) is 1.82. The van der Waals surface area contributed by atoms with E-state index in [2.05, 4.69) is 0 Å². The van der Waals surface area contributed by atoms with Crippen molar-refractivity contribution in [1.29, 1.82) is 0 Å². The second-order valence-electron chi connectivity index (χ2n) is 6.33. The number of benzene rings is 1. The minimum absolute atomic E-state index is 0.0658. The van der Waals surface area contributed by atoms with Crippen molar-refractivity contribution >= 4 is 21.7 Å². The molecule has 25 heavy (non-hydrogen) atoms. The third-order valence-corrected chi connectivity index (χ3v) is 5.51. The fourth-order valence-corrected chi connectivity index (χ4v) is 3.72. The van der Waals surface area contributed by atoms with Crippen molar-refractivity contribution in [3.63, 3.8) is 0 Å².